The second kappa shape index (κ2) is 6.84. The lowest BCUT2D eigenvalue weighted by Gasteiger charge is -2.43. The van der Waals surface area contributed by atoms with Gasteiger partial charge in [-0.05, 0) is 57.4 Å². The van der Waals surface area contributed by atoms with Crippen molar-refractivity contribution < 1.29 is 4.76 Å². The van der Waals surface area contributed by atoms with E-state index in [1.807, 2.05) is 67.5 Å². The summed E-state index contributed by atoms with van der Waals surface area (Å²) in [6.07, 6.45) is 0. The summed E-state index contributed by atoms with van der Waals surface area (Å²) in [6.45, 7) is 15.3. The topological polar surface area (TPSA) is 46.4 Å². The molecule has 4 nitrogen and oxygen atoms in total. The Morgan fingerprint density at radius 1 is 0.923 bits per heavy atom. The summed E-state index contributed by atoms with van der Waals surface area (Å²) in [5, 5.41) is 13.8. The molecule has 0 spiro atoms. The van der Waals surface area contributed by atoms with Crippen molar-refractivity contribution in [2.24, 2.45) is 0 Å². The molecular weight excluding hydrogens is 324 g/mol. The van der Waals surface area contributed by atoms with E-state index < -0.39 is 11.1 Å². The number of hydrogen-bond donors (Lipinski definition) is 0. The molecule has 0 N–H and O–H groups in total. The molecule has 0 unspecified atom stereocenters. The number of benzene rings is 2. The Balaban J connectivity index is 2.72. The molecule has 0 amide bonds. The Bertz CT molecular complexity index is 827. The van der Waals surface area contributed by atoms with Gasteiger partial charge in [0.05, 0.1) is 0 Å². The second-order valence-electron chi connectivity index (χ2n) is 8.99. The van der Waals surface area contributed by atoms with Gasteiger partial charge in [-0.3, -0.25) is 0 Å². The number of hydroxylamine groups is 1. The maximum absolute atomic E-state index is 12.8. The van der Waals surface area contributed by atoms with E-state index >= 15 is 0 Å². The number of aryl methyl sites for hydroxylation is 2. The quantitative estimate of drug-likeness (QED) is 0.481. The maximum atomic E-state index is 12.8. The normalized spacial score (nSPS) is 12.2. The third-order valence-electron chi connectivity index (χ3n) is 4.29. The standard InChI is InChI=1S/C22H30N2O2/c1-15-9-10-16(2)20(11-15)17-12-18(23(25)21(3,4)5)14-19(13-17)24(26)22(6,7)8/h9-14H,1-8H3. The highest BCUT2D eigenvalue weighted by atomic mass is 16.5. The molecule has 0 saturated heterocycles. The van der Waals surface area contributed by atoms with Crippen LogP contribution in [0.4, 0.5) is 11.4 Å². The van der Waals surface area contributed by atoms with E-state index in [0.29, 0.717) is 11.4 Å². The van der Waals surface area contributed by atoms with Gasteiger partial charge in [0.15, 0.2) is 0 Å². The van der Waals surface area contributed by atoms with Gasteiger partial charge in [-0.25, -0.2) is 0 Å². The van der Waals surface area contributed by atoms with Crippen LogP contribution >= 0.6 is 0 Å². The van der Waals surface area contributed by atoms with Crippen molar-refractivity contribution in [3.05, 3.63) is 57.6 Å². The van der Waals surface area contributed by atoms with E-state index in [0.717, 1.165) is 32.1 Å². The number of hydrogen-bond acceptors (Lipinski definition) is 3. The zero-order valence-corrected chi connectivity index (χ0v) is 17.2. The lowest BCUT2D eigenvalue weighted by Crippen LogP contribution is -2.36. The van der Waals surface area contributed by atoms with Crippen molar-refractivity contribution in [3.63, 3.8) is 0 Å². The van der Waals surface area contributed by atoms with E-state index in [-0.39, 0.29) is 0 Å². The molecule has 4 heteroatoms. The average molecular weight is 354 g/mol. The molecule has 2 aromatic carbocycles. The molecular formula is C22H30N2O2. The minimum atomic E-state index is -0.590. The van der Waals surface area contributed by atoms with Gasteiger partial charge in [0.2, 0.25) is 5.54 Å². The Morgan fingerprint density at radius 3 is 2.08 bits per heavy atom. The van der Waals surface area contributed by atoms with E-state index in [1.54, 1.807) is 6.07 Å². The van der Waals surface area contributed by atoms with Crippen LogP contribution in [0.1, 0.15) is 52.7 Å². The van der Waals surface area contributed by atoms with Crippen molar-refractivity contribution in [3.8, 4) is 11.1 Å². The molecule has 0 bridgehead atoms. The number of anilines is 1. The number of nitrogens with zero attached hydrogens (tertiary/aromatic N) is 2. The van der Waals surface area contributed by atoms with E-state index in [2.05, 4.69) is 18.2 Å². The lowest BCUT2D eigenvalue weighted by atomic mass is 9.96. The van der Waals surface area contributed by atoms with Gasteiger partial charge in [-0.1, -0.05) is 23.8 Å². The molecule has 0 radical (unpaired) electrons. The smallest absolute Gasteiger partial charge is 0.259 e. The highest BCUT2D eigenvalue weighted by molar-refractivity contribution is 5.75. The molecule has 2 rings (SSSR count). The Morgan fingerprint density at radius 2 is 1.54 bits per heavy atom. The first-order valence-corrected chi connectivity index (χ1v) is 8.98. The van der Waals surface area contributed by atoms with E-state index in [1.165, 1.54) is 0 Å². The molecule has 140 valence electrons. The molecule has 2 aromatic rings. The molecule has 26 heavy (non-hydrogen) atoms. The maximum Gasteiger partial charge on any atom is 0.259 e. The van der Waals surface area contributed by atoms with Crippen LogP contribution < -0.4 is 5.06 Å². The van der Waals surface area contributed by atoms with Gasteiger partial charge < -0.3 is 10.3 Å². The zero-order chi connectivity index (χ0) is 19.9. The van der Waals surface area contributed by atoms with Crippen LogP contribution in [0.3, 0.4) is 0 Å². The van der Waals surface area contributed by atoms with Crippen molar-refractivity contribution >= 4 is 11.4 Å². The fraction of sp³-hybridized carbons (Fsp3) is 0.455. The van der Waals surface area contributed by atoms with Crippen molar-refractivity contribution in [2.45, 2.75) is 66.5 Å². The highest BCUT2D eigenvalue weighted by Crippen LogP contribution is 2.36. The molecule has 0 aliphatic heterocycles. The van der Waals surface area contributed by atoms with Crippen LogP contribution in [0.5, 0.6) is 0 Å². The first kappa shape index (κ1) is 20.1. The summed E-state index contributed by atoms with van der Waals surface area (Å²) in [4.78, 5) is 12.8. The molecule has 0 saturated carbocycles. The van der Waals surface area contributed by atoms with Crippen LogP contribution in [0.25, 0.3) is 11.1 Å². The van der Waals surface area contributed by atoms with Crippen LogP contribution in [0.15, 0.2) is 36.4 Å². The molecule has 0 atom stereocenters. The van der Waals surface area contributed by atoms with Crippen molar-refractivity contribution in [1.29, 1.82) is 0 Å². The second-order valence-corrected chi connectivity index (χ2v) is 8.99. The third kappa shape index (κ3) is 4.31. The average Bonchev–Trinajstić information content (AvgIpc) is 2.53. The van der Waals surface area contributed by atoms with Gasteiger partial charge >= 0.3 is 0 Å². The summed E-state index contributed by atoms with van der Waals surface area (Å²) in [5.74, 6) is 0. The predicted octanol–water partition coefficient (Wildman–Crippen LogP) is 6.28. The Hall–Kier alpha value is -2.20. The van der Waals surface area contributed by atoms with Crippen molar-refractivity contribution in [2.75, 3.05) is 5.06 Å². The Labute approximate surface area is 157 Å². The molecule has 0 aromatic heterocycles. The fourth-order valence-electron chi connectivity index (χ4n) is 2.81. The minimum Gasteiger partial charge on any atom is -0.758 e. The molecule has 0 aliphatic carbocycles. The summed E-state index contributed by atoms with van der Waals surface area (Å²) in [7, 11) is 0. The van der Waals surface area contributed by atoms with Crippen LogP contribution in [0.2, 0.25) is 0 Å². The fourth-order valence-corrected chi connectivity index (χ4v) is 2.81. The monoisotopic (exact) mass is 354 g/mol. The molecule has 0 aliphatic rings. The SMILES string of the molecule is Cc1ccc(C)c(-c2cc(N([O-])C(C)(C)C)cc([N+](=O)C(C)(C)C)c2)c1. The van der Waals surface area contributed by atoms with Crippen molar-refractivity contribution in [1.82, 2.24) is 0 Å². The van der Waals surface area contributed by atoms with Crippen LogP contribution in [-0.4, -0.2) is 15.8 Å². The Kier molecular flexibility index (Phi) is 5.29. The lowest BCUT2D eigenvalue weighted by molar-refractivity contribution is -0.540. The van der Waals surface area contributed by atoms with Gasteiger partial charge in [-0.2, -0.15) is 0 Å². The van der Waals surface area contributed by atoms with Crippen LogP contribution in [-0.2, 0) is 0 Å². The zero-order valence-electron chi connectivity index (χ0n) is 17.2. The van der Waals surface area contributed by atoms with Gasteiger partial charge in [0.25, 0.3) is 5.69 Å². The van der Waals surface area contributed by atoms with E-state index in [9.17, 15) is 10.1 Å². The summed E-state index contributed by atoms with van der Waals surface area (Å²) in [5.41, 5.74) is 3.99. The minimum absolute atomic E-state index is 0.496. The van der Waals surface area contributed by atoms with Gasteiger partial charge in [0.1, 0.15) is 0 Å². The molecule has 0 heterocycles. The van der Waals surface area contributed by atoms with Gasteiger partial charge in [-0.15, -0.1) is 0 Å². The largest absolute Gasteiger partial charge is 0.758 e. The predicted molar refractivity (Wildman–Crippen MR) is 110 cm³/mol. The van der Waals surface area contributed by atoms with E-state index in [4.69, 9.17) is 0 Å². The highest BCUT2D eigenvalue weighted by Gasteiger charge is 2.32. The first-order chi connectivity index (χ1) is 11.8. The van der Waals surface area contributed by atoms with Crippen LogP contribution in [0, 0.1) is 24.0 Å². The summed E-state index contributed by atoms with van der Waals surface area (Å²) >= 11 is 0. The summed E-state index contributed by atoms with van der Waals surface area (Å²) in [6, 6.07) is 11.7. The number of rotatable bonds is 3. The molecule has 0 fully saturated rings. The first-order valence-electron chi connectivity index (χ1n) is 8.98. The van der Waals surface area contributed by atoms with Gasteiger partial charge in [0, 0.05) is 53.8 Å². The number of nitroso groups, excluding NO2 is 1. The summed E-state index contributed by atoms with van der Waals surface area (Å²) < 4.78 is 0.974. The third-order valence-corrected chi connectivity index (χ3v) is 4.29.